The highest BCUT2D eigenvalue weighted by atomic mass is 16.7. The molecule has 252 valence electrons. The van der Waals surface area contributed by atoms with Crippen LogP contribution in [-0.4, -0.2) is 33.7 Å². The number of fused-ring (bicyclic) bond motifs is 1. The van der Waals surface area contributed by atoms with E-state index in [2.05, 4.69) is 13.8 Å². The van der Waals surface area contributed by atoms with Gasteiger partial charge in [0, 0.05) is 13.9 Å². The first-order valence-electron chi connectivity index (χ1n) is 18.6. The van der Waals surface area contributed by atoms with Crippen molar-refractivity contribution >= 4 is 17.7 Å². The van der Waals surface area contributed by atoms with E-state index in [0.717, 1.165) is 44.9 Å². The molecule has 2 aliphatic rings. The lowest BCUT2D eigenvalue weighted by molar-refractivity contribution is -0.197. The quantitative estimate of drug-likeness (QED) is 0.0601. The summed E-state index contributed by atoms with van der Waals surface area (Å²) >= 11 is 0. The number of carbonyl (C=O) groups is 3. The van der Waals surface area contributed by atoms with Crippen molar-refractivity contribution in [3.05, 3.63) is 23.8 Å². The van der Waals surface area contributed by atoms with E-state index in [9.17, 15) is 26.0 Å². The van der Waals surface area contributed by atoms with E-state index in [4.69, 9.17) is 4.74 Å². The minimum atomic E-state index is -2.32. The highest BCUT2D eigenvalue weighted by Crippen LogP contribution is 2.60. The molecule has 5 atom stereocenters. The third-order valence-electron chi connectivity index (χ3n) is 9.82. The Morgan fingerprint density at radius 1 is 0.841 bits per heavy atom. The highest BCUT2D eigenvalue weighted by molar-refractivity contribution is 5.99. The van der Waals surface area contributed by atoms with E-state index in [0.29, 0.717) is 6.42 Å². The van der Waals surface area contributed by atoms with Gasteiger partial charge in [0.1, 0.15) is 11.2 Å². The Kier molecular flexibility index (Phi) is 16.8. The normalized spacial score (nSPS) is 28.5. The largest absolute Gasteiger partial charge is 0.478 e. The molecule has 0 unspecified atom stereocenters. The van der Waals surface area contributed by atoms with Crippen LogP contribution in [0.2, 0.25) is 0 Å². The molecule has 0 amide bonds. The number of carboxylic acids is 1. The average Bonchev–Trinajstić information content (AvgIpc) is 3.20. The second kappa shape index (κ2) is 20.2. The van der Waals surface area contributed by atoms with E-state index in [-0.39, 0.29) is 5.57 Å². The number of carboxylic acid groups (broad SMARTS) is 1. The first-order valence-corrected chi connectivity index (χ1v) is 18.1. The number of Topliss-reactive ketones (excluding diaryl/α,β-unsaturated/α-hetero) is 1. The minimum absolute atomic E-state index is 0.366. The number of rotatable bonds is 25. The van der Waals surface area contributed by atoms with Crippen molar-refractivity contribution in [2.45, 2.75) is 175 Å². The Balaban J connectivity index is 2.15. The standard InChI is InChI=1S/C38H64O6/c1-5-7-9-11-13-15-17-18-20-22-24-26-28-38-31(27-25-23-21-19-16-14-12-10-8-6-2)29-32(35(40)41)33(30(3)39)34(38)37(4,43)44-36(38)42/h26,28-29,31,33-34,43H,5-25,27H2,1-4H3,(H,40,41)/b28-26+/t31-,33+,34+,37+,38+/m1/s1/i33D. The monoisotopic (exact) mass is 617 g/mol. The molecule has 6 heteroatoms. The molecule has 0 saturated carbocycles. The smallest absolute Gasteiger partial charge is 0.332 e. The molecule has 1 fully saturated rings. The maximum atomic E-state index is 13.8. The van der Waals surface area contributed by atoms with Crippen LogP contribution in [0.15, 0.2) is 23.8 Å². The van der Waals surface area contributed by atoms with Crippen LogP contribution in [0.1, 0.15) is 170 Å². The fraction of sp³-hybridized carbons (Fsp3) is 0.816. The van der Waals surface area contributed by atoms with Crippen molar-refractivity contribution in [2.24, 2.45) is 23.1 Å². The number of allylic oxidation sites excluding steroid dienone is 2. The van der Waals surface area contributed by atoms with Gasteiger partial charge in [0.25, 0.3) is 0 Å². The number of aliphatic hydroxyl groups is 1. The summed E-state index contributed by atoms with van der Waals surface area (Å²) in [6, 6.07) is 0. The van der Waals surface area contributed by atoms with Crippen molar-refractivity contribution in [2.75, 3.05) is 0 Å². The maximum Gasteiger partial charge on any atom is 0.332 e. The Labute approximate surface area is 269 Å². The molecule has 1 saturated heterocycles. The van der Waals surface area contributed by atoms with E-state index >= 15 is 0 Å². The summed E-state index contributed by atoms with van der Waals surface area (Å²) in [6.45, 7) is 6.92. The van der Waals surface area contributed by atoms with Crippen LogP contribution in [0.4, 0.5) is 0 Å². The molecule has 0 spiro atoms. The van der Waals surface area contributed by atoms with Crippen LogP contribution in [-0.2, 0) is 19.1 Å². The SMILES string of the molecule is [2H][C@]1(C(C)=O)C(C(=O)O)=C[C@@H](CCCCCCCCCCCC)[C@]2(/C=C/CCCCCCCCCCCC)C(=O)O[C@](C)(O)[C@H]12. The van der Waals surface area contributed by atoms with E-state index < -0.39 is 46.7 Å². The van der Waals surface area contributed by atoms with Crippen LogP contribution in [0.25, 0.3) is 0 Å². The van der Waals surface area contributed by atoms with E-state index in [1.165, 1.54) is 110 Å². The summed E-state index contributed by atoms with van der Waals surface area (Å²) in [5, 5.41) is 21.5. The number of cyclic esters (lactones) is 1. The molecule has 1 aliphatic carbocycles. The molecule has 1 aliphatic heterocycles. The Bertz CT molecular complexity index is 987. The number of carbonyl (C=O) groups excluding carboxylic acids is 2. The predicted molar refractivity (Wildman–Crippen MR) is 178 cm³/mol. The van der Waals surface area contributed by atoms with Gasteiger partial charge in [-0.15, -0.1) is 0 Å². The summed E-state index contributed by atoms with van der Waals surface area (Å²) in [5.74, 6) is -9.20. The summed E-state index contributed by atoms with van der Waals surface area (Å²) in [7, 11) is 0. The fourth-order valence-corrected chi connectivity index (χ4v) is 7.42. The topological polar surface area (TPSA) is 101 Å². The van der Waals surface area contributed by atoms with Gasteiger partial charge >= 0.3 is 11.9 Å². The van der Waals surface area contributed by atoms with Crippen molar-refractivity contribution < 1.29 is 30.7 Å². The third kappa shape index (κ3) is 11.1. The lowest BCUT2D eigenvalue weighted by Crippen LogP contribution is -2.52. The zero-order valence-electron chi connectivity index (χ0n) is 29.5. The van der Waals surface area contributed by atoms with Gasteiger partial charge in [0.05, 0.1) is 11.8 Å². The molecule has 2 rings (SSSR count). The summed E-state index contributed by atoms with van der Waals surface area (Å²) in [4.78, 5) is 39.3. The predicted octanol–water partition coefficient (Wildman–Crippen LogP) is 9.88. The lowest BCUT2D eigenvalue weighted by atomic mass is 9.54. The van der Waals surface area contributed by atoms with Crippen molar-refractivity contribution in [1.82, 2.24) is 0 Å². The molecule has 6 nitrogen and oxygen atoms in total. The number of unbranched alkanes of at least 4 members (excludes halogenated alkanes) is 19. The second-order valence-electron chi connectivity index (χ2n) is 13.6. The van der Waals surface area contributed by atoms with Crippen LogP contribution in [0.5, 0.6) is 0 Å². The highest BCUT2D eigenvalue weighted by Gasteiger charge is 2.69. The molecule has 44 heavy (non-hydrogen) atoms. The molecule has 0 bridgehead atoms. The number of aliphatic carboxylic acids is 1. The molecular formula is C38H64O6. The summed E-state index contributed by atoms with van der Waals surface area (Å²) in [6.07, 6.45) is 30.1. The van der Waals surface area contributed by atoms with Gasteiger partial charge in [-0.3, -0.25) is 9.59 Å². The Morgan fingerprint density at radius 2 is 1.30 bits per heavy atom. The van der Waals surface area contributed by atoms with Crippen molar-refractivity contribution in [1.29, 1.82) is 0 Å². The van der Waals surface area contributed by atoms with Crippen LogP contribution in [0, 0.1) is 23.1 Å². The summed E-state index contributed by atoms with van der Waals surface area (Å²) in [5.41, 5.74) is -1.84. The first kappa shape index (κ1) is 36.5. The van der Waals surface area contributed by atoms with Gasteiger partial charge in [-0.25, -0.2) is 4.79 Å². The van der Waals surface area contributed by atoms with Gasteiger partial charge in [-0.2, -0.15) is 0 Å². The molecule has 0 aromatic rings. The molecule has 0 aromatic heterocycles. The molecule has 2 N–H and O–H groups in total. The molecule has 0 aromatic carbocycles. The van der Waals surface area contributed by atoms with Gasteiger partial charge in [-0.05, 0) is 32.1 Å². The maximum absolute atomic E-state index is 13.8. The number of ketones is 1. The van der Waals surface area contributed by atoms with E-state index in [1.54, 1.807) is 6.08 Å². The number of esters is 1. The zero-order valence-corrected chi connectivity index (χ0v) is 28.5. The molecular weight excluding hydrogens is 552 g/mol. The molecule has 1 heterocycles. The second-order valence-corrected chi connectivity index (χ2v) is 13.6. The van der Waals surface area contributed by atoms with Crippen molar-refractivity contribution in [3.63, 3.8) is 0 Å². The van der Waals surface area contributed by atoms with Crippen molar-refractivity contribution in [3.8, 4) is 0 Å². The average molecular weight is 618 g/mol. The Morgan fingerprint density at radius 3 is 1.75 bits per heavy atom. The van der Waals surface area contributed by atoms with Gasteiger partial charge in [0.2, 0.25) is 5.79 Å². The van der Waals surface area contributed by atoms with Crippen LogP contribution < -0.4 is 0 Å². The van der Waals surface area contributed by atoms with Gasteiger partial charge in [-0.1, -0.05) is 154 Å². The summed E-state index contributed by atoms with van der Waals surface area (Å²) < 4.78 is 14.8. The number of ether oxygens (including phenoxy) is 1. The van der Waals surface area contributed by atoms with Gasteiger partial charge in [0.15, 0.2) is 0 Å². The third-order valence-corrected chi connectivity index (χ3v) is 9.82. The minimum Gasteiger partial charge on any atom is -0.478 e. The van der Waals surface area contributed by atoms with Crippen LogP contribution >= 0.6 is 0 Å². The number of hydrogen-bond donors (Lipinski definition) is 2. The van der Waals surface area contributed by atoms with Gasteiger partial charge < -0.3 is 14.9 Å². The van der Waals surface area contributed by atoms with E-state index in [1.807, 2.05) is 6.08 Å². The Hall–Kier alpha value is -1.95. The van der Waals surface area contributed by atoms with Crippen LogP contribution in [0.3, 0.4) is 0 Å². The zero-order chi connectivity index (χ0) is 33.3. The lowest BCUT2D eigenvalue weighted by Gasteiger charge is -2.44. The fourth-order valence-electron chi connectivity index (χ4n) is 7.42. The first-order chi connectivity index (χ1) is 21.5. The molecule has 0 radical (unpaired) electrons. The number of hydrogen-bond acceptors (Lipinski definition) is 5.